The summed E-state index contributed by atoms with van der Waals surface area (Å²) < 4.78 is 0. The number of hydrogen-bond acceptors (Lipinski definition) is 2. The maximum atomic E-state index is 4.31. The highest BCUT2D eigenvalue weighted by atomic mass is 14.9. The summed E-state index contributed by atoms with van der Waals surface area (Å²) in [6.07, 6.45) is 1.86. The first-order valence-electron chi connectivity index (χ1n) is 5.49. The molecule has 0 aliphatic carbocycles. The molecule has 0 radical (unpaired) electrons. The van der Waals surface area contributed by atoms with Crippen LogP contribution < -0.4 is 0 Å². The van der Waals surface area contributed by atoms with Gasteiger partial charge in [-0.1, -0.05) is 27.7 Å². The number of nitrogens with zero attached hydrogens (tertiary/aromatic N) is 2. The van der Waals surface area contributed by atoms with Gasteiger partial charge in [-0.3, -0.25) is 0 Å². The average molecular weight is 205 g/mol. The van der Waals surface area contributed by atoms with Crippen molar-refractivity contribution in [3.63, 3.8) is 0 Å². The van der Waals surface area contributed by atoms with Crippen molar-refractivity contribution in [2.24, 2.45) is 0 Å². The number of H-pyrrole nitrogens is 1. The van der Waals surface area contributed by atoms with E-state index in [2.05, 4.69) is 34.9 Å². The minimum atomic E-state index is 0.509. The zero-order valence-electron chi connectivity index (χ0n) is 10.1. The van der Waals surface area contributed by atoms with E-state index >= 15 is 0 Å². The van der Waals surface area contributed by atoms with Gasteiger partial charge in [0.05, 0.1) is 0 Å². The standard InChI is InChI=1S/C10H13N3.C2H6/c1-6(2)9-4-8-5-11-7(3)12-10(8)13-9;1-2/h4-6H,1-3H3,(H,11,12,13);1-2H3. The Morgan fingerprint density at radius 2 is 1.93 bits per heavy atom. The molecule has 1 N–H and O–H groups in total. The van der Waals surface area contributed by atoms with E-state index in [-0.39, 0.29) is 0 Å². The van der Waals surface area contributed by atoms with E-state index in [0.717, 1.165) is 16.9 Å². The topological polar surface area (TPSA) is 41.6 Å². The average Bonchev–Trinajstić information content (AvgIpc) is 2.63. The second kappa shape index (κ2) is 4.91. The van der Waals surface area contributed by atoms with E-state index < -0.39 is 0 Å². The fourth-order valence-corrected chi connectivity index (χ4v) is 1.34. The Morgan fingerprint density at radius 1 is 1.27 bits per heavy atom. The molecule has 0 saturated carbocycles. The highest BCUT2D eigenvalue weighted by molar-refractivity contribution is 5.75. The normalized spacial score (nSPS) is 10.3. The summed E-state index contributed by atoms with van der Waals surface area (Å²) in [6.45, 7) is 10.2. The predicted molar refractivity (Wildman–Crippen MR) is 64.1 cm³/mol. The van der Waals surface area contributed by atoms with E-state index in [1.165, 1.54) is 5.69 Å². The predicted octanol–water partition coefficient (Wildman–Crippen LogP) is 3.42. The van der Waals surface area contributed by atoms with Crippen molar-refractivity contribution < 1.29 is 0 Å². The van der Waals surface area contributed by atoms with Crippen LogP contribution in [0.25, 0.3) is 11.0 Å². The van der Waals surface area contributed by atoms with Gasteiger partial charge in [0.15, 0.2) is 0 Å². The van der Waals surface area contributed by atoms with Crippen molar-refractivity contribution in [1.29, 1.82) is 0 Å². The summed E-state index contributed by atoms with van der Waals surface area (Å²) in [5.41, 5.74) is 2.16. The fraction of sp³-hybridized carbons (Fsp3) is 0.500. The number of aromatic nitrogens is 3. The van der Waals surface area contributed by atoms with Crippen molar-refractivity contribution in [3.05, 3.63) is 23.8 Å². The first-order valence-corrected chi connectivity index (χ1v) is 5.49. The minimum absolute atomic E-state index is 0.509. The molecule has 3 heteroatoms. The second-order valence-corrected chi connectivity index (χ2v) is 3.60. The molecular formula is C12H19N3. The van der Waals surface area contributed by atoms with Gasteiger partial charge >= 0.3 is 0 Å². The molecule has 15 heavy (non-hydrogen) atoms. The van der Waals surface area contributed by atoms with Gasteiger partial charge in [-0.05, 0) is 18.9 Å². The van der Waals surface area contributed by atoms with Gasteiger partial charge in [0.25, 0.3) is 0 Å². The largest absolute Gasteiger partial charge is 0.343 e. The summed E-state index contributed by atoms with van der Waals surface area (Å²) in [5.74, 6) is 1.32. The maximum Gasteiger partial charge on any atom is 0.141 e. The molecule has 0 spiro atoms. The van der Waals surface area contributed by atoms with Crippen LogP contribution >= 0.6 is 0 Å². The Bertz CT molecular complexity index is 429. The molecule has 2 aromatic heterocycles. The second-order valence-electron chi connectivity index (χ2n) is 3.60. The summed E-state index contributed by atoms with van der Waals surface area (Å²) in [5, 5.41) is 1.09. The third kappa shape index (κ3) is 2.55. The van der Waals surface area contributed by atoms with Gasteiger partial charge in [-0.2, -0.15) is 0 Å². The monoisotopic (exact) mass is 205 g/mol. The van der Waals surface area contributed by atoms with Crippen LogP contribution in [0.1, 0.15) is 45.1 Å². The lowest BCUT2D eigenvalue weighted by Crippen LogP contribution is -1.87. The summed E-state index contributed by atoms with van der Waals surface area (Å²) in [7, 11) is 0. The van der Waals surface area contributed by atoms with E-state index in [1.807, 2.05) is 27.0 Å². The van der Waals surface area contributed by atoms with Gasteiger partial charge in [0, 0.05) is 17.3 Å². The lowest BCUT2D eigenvalue weighted by Gasteiger charge is -1.97. The van der Waals surface area contributed by atoms with Crippen LogP contribution in [0.3, 0.4) is 0 Å². The van der Waals surface area contributed by atoms with Crippen LogP contribution in [0.15, 0.2) is 12.3 Å². The minimum Gasteiger partial charge on any atom is -0.343 e. The van der Waals surface area contributed by atoms with Crippen LogP contribution in [0, 0.1) is 6.92 Å². The van der Waals surface area contributed by atoms with Crippen molar-refractivity contribution in [2.45, 2.75) is 40.5 Å². The van der Waals surface area contributed by atoms with Gasteiger partial charge in [0.2, 0.25) is 0 Å². The fourth-order valence-electron chi connectivity index (χ4n) is 1.34. The highest BCUT2D eigenvalue weighted by Gasteiger charge is 2.05. The van der Waals surface area contributed by atoms with Gasteiger partial charge in [0.1, 0.15) is 11.5 Å². The molecule has 2 aromatic rings. The molecular weight excluding hydrogens is 186 g/mol. The van der Waals surface area contributed by atoms with E-state index in [4.69, 9.17) is 0 Å². The zero-order chi connectivity index (χ0) is 11.4. The Kier molecular flexibility index (Phi) is 3.83. The molecule has 0 amide bonds. The molecule has 0 saturated heterocycles. The molecule has 0 aromatic carbocycles. The van der Waals surface area contributed by atoms with Gasteiger partial charge in [-0.25, -0.2) is 9.97 Å². The Morgan fingerprint density at radius 3 is 2.53 bits per heavy atom. The number of aryl methyl sites for hydroxylation is 1. The molecule has 2 rings (SSSR count). The van der Waals surface area contributed by atoms with E-state index in [1.54, 1.807) is 0 Å². The van der Waals surface area contributed by atoms with Crippen molar-refractivity contribution in [3.8, 4) is 0 Å². The maximum absolute atomic E-state index is 4.31. The number of hydrogen-bond donors (Lipinski definition) is 1. The number of fused-ring (bicyclic) bond motifs is 1. The number of nitrogens with one attached hydrogen (secondary N) is 1. The molecule has 0 fully saturated rings. The third-order valence-corrected chi connectivity index (χ3v) is 2.13. The van der Waals surface area contributed by atoms with Crippen LogP contribution in [-0.4, -0.2) is 15.0 Å². The molecule has 0 unspecified atom stereocenters. The van der Waals surface area contributed by atoms with Gasteiger partial charge in [-0.15, -0.1) is 0 Å². The lowest BCUT2D eigenvalue weighted by molar-refractivity contribution is 0.835. The van der Waals surface area contributed by atoms with Crippen LogP contribution in [0.4, 0.5) is 0 Å². The Balaban J connectivity index is 0.000000531. The number of aromatic amines is 1. The molecule has 82 valence electrons. The molecule has 0 aliphatic heterocycles. The van der Waals surface area contributed by atoms with Gasteiger partial charge < -0.3 is 4.98 Å². The summed E-state index contributed by atoms with van der Waals surface area (Å²) in [4.78, 5) is 11.7. The quantitative estimate of drug-likeness (QED) is 0.775. The van der Waals surface area contributed by atoms with Crippen LogP contribution in [-0.2, 0) is 0 Å². The SMILES string of the molecule is CC.Cc1ncc2cc(C(C)C)[nH]c2n1. The molecule has 0 atom stereocenters. The van der Waals surface area contributed by atoms with E-state index in [9.17, 15) is 0 Å². The smallest absolute Gasteiger partial charge is 0.141 e. The first kappa shape index (κ1) is 11.7. The molecule has 2 heterocycles. The lowest BCUT2D eigenvalue weighted by atomic mass is 10.1. The van der Waals surface area contributed by atoms with Crippen molar-refractivity contribution in [1.82, 2.24) is 15.0 Å². The molecule has 0 bridgehead atoms. The van der Waals surface area contributed by atoms with E-state index in [0.29, 0.717) is 5.92 Å². The molecule has 0 aliphatic rings. The summed E-state index contributed by atoms with van der Waals surface area (Å²) >= 11 is 0. The Labute approximate surface area is 91.0 Å². The van der Waals surface area contributed by atoms with Crippen molar-refractivity contribution in [2.75, 3.05) is 0 Å². The first-order chi connectivity index (χ1) is 7.16. The number of rotatable bonds is 1. The zero-order valence-corrected chi connectivity index (χ0v) is 10.1. The molecule has 3 nitrogen and oxygen atoms in total. The summed E-state index contributed by atoms with van der Waals surface area (Å²) in [6, 6.07) is 2.11. The van der Waals surface area contributed by atoms with Crippen LogP contribution in [0.2, 0.25) is 0 Å². The van der Waals surface area contributed by atoms with Crippen LogP contribution in [0.5, 0.6) is 0 Å². The highest BCUT2D eigenvalue weighted by Crippen LogP contribution is 2.18. The van der Waals surface area contributed by atoms with Crippen molar-refractivity contribution >= 4 is 11.0 Å². The Hall–Kier alpha value is -1.38. The third-order valence-electron chi connectivity index (χ3n) is 2.13.